The Hall–Kier alpha value is -2.69. The van der Waals surface area contributed by atoms with Gasteiger partial charge in [0.2, 0.25) is 11.8 Å². The van der Waals surface area contributed by atoms with Crippen LogP contribution in [-0.2, 0) is 22.6 Å². The van der Waals surface area contributed by atoms with Crippen molar-refractivity contribution in [1.29, 1.82) is 0 Å². The van der Waals surface area contributed by atoms with Crippen molar-refractivity contribution in [2.24, 2.45) is 0 Å². The highest BCUT2D eigenvalue weighted by atomic mass is 19.1. The highest BCUT2D eigenvalue weighted by Gasteiger charge is 2.29. The van der Waals surface area contributed by atoms with Crippen LogP contribution in [0.2, 0.25) is 0 Å². The number of hydrogen-bond acceptors (Lipinski definition) is 2. The highest BCUT2D eigenvalue weighted by molar-refractivity contribution is 5.88. The predicted molar refractivity (Wildman–Crippen MR) is 109 cm³/mol. The smallest absolute Gasteiger partial charge is 0.242 e. The number of nitrogens with zero attached hydrogens (tertiary/aromatic N) is 1. The molecule has 0 bridgehead atoms. The molecule has 0 saturated heterocycles. The molecule has 0 heterocycles. The second-order valence-corrected chi connectivity index (χ2v) is 8.13. The number of rotatable bonds is 6. The van der Waals surface area contributed by atoms with E-state index in [-0.39, 0.29) is 18.2 Å². The van der Waals surface area contributed by atoms with E-state index in [9.17, 15) is 14.0 Å². The van der Waals surface area contributed by atoms with E-state index in [1.807, 2.05) is 52.0 Å². The number of carbonyl (C=O) groups is 2. The van der Waals surface area contributed by atoms with Crippen molar-refractivity contribution >= 4 is 11.8 Å². The molecule has 0 aliphatic carbocycles. The Morgan fingerprint density at radius 3 is 2.18 bits per heavy atom. The number of carbonyl (C=O) groups excluding carboxylic acids is 2. The van der Waals surface area contributed by atoms with Crippen LogP contribution in [-0.4, -0.2) is 28.3 Å². The maximum absolute atomic E-state index is 14.0. The lowest BCUT2D eigenvalue weighted by molar-refractivity contribution is -0.140. The Balaban J connectivity index is 2.29. The van der Waals surface area contributed by atoms with Crippen LogP contribution in [0.1, 0.15) is 44.4 Å². The predicted octanol–water partition coefficient (Wildman–Crippen LogP) is 4.01. The molecule has 0 unspecified atom stereocenters. The number of nitrogens with one attached hydrogen (secondary N) is 1. The average molecular weight is 384 g/mol. The van der Waals surface area contributed by atoms with E-state index in [2.05, 4.69) is 5.32 Å². The van der Waals surface area contributed by atoms with Crippen molar-refractivity contribution in [3.8, 4) is 0 Å². The van der Waals surface area contributed by atoms with Gasteiger partial charge in [-0.3, -0.25) is 9.59 Å². The molecule has 1 N–H and O–H groups in total. The van der Waals surface area contributed by atoms with Gasteiger partial charge in [-0.05, 0) is 57.4 Å². The van der Waals surface area contributed by atoms with E-state index in [1.54, 1.807) is 25.1 Å². The van der Waals surface area contributed by atoms with Crippen molar-refractivity contribution in [1.82, 2.24) is 10.2 Å². The second kappa shape index (κ2) is 9.00. The molecule has 0 spiro atoms. The quantitative estimate of drug-likeness (QED) is 0.818. The lowest BCUT2D eigenvalue weighted by Gasteiger charge is -2.32. The van der Waals surface area contributed by atoms with Gasteiger partial charge in [0.1, 0.15) is 11.9 Å². The third-order valence-electron chi connectivity index (χ3n) is 4.57. The number of halogens is 1. The van der Waals surface area contributed by atoms with E-state index in [0.29, 0.717) is 12.1 Å². The van der Waals surface area contributed by atoms with Gasteiger partial charge < -0.3 is 10.2 Å². The summed E-state index contributed by atoms with van der Waals surface area (Å²) in [6.45, 7) is 9.64. The third kappa shape index (κ3) is 5.91. The molecule has 4 nitrogen and oxygen atoms in total. The summed E-state index contributed by atoms with van der Waals surface area (Å²) in [7, 11) is 0. The number of benzene rings is 2. The molecule has 28 heavy (non-hydrogen) atoms. The summed E-state index contributed by atoms with van der Waals surface area (Å²) in [6.07, 6.45) is -0.0916. The lowest BCUT2D eigenvalue weighted by atomic mass is 10.0. The van der Waals surface area contributed by atoms with Crippen LogP contribution in [0.4, 0.5) is 4.39 Å². The van der Waals surface area contributed by atoms with Crippen molar-refractivity contribution in [2.75, 3.05) is 0 Å². The fraction of sp³-hybridized carbons (Fsp3) is 0.391. The largest absolute Gasteiger partial charge is 0.350 e. The molecule has 0 radical (unpaired) electrons. The van der Waals surface area contributed by atoms with Gasteiger partial charge in [-0.1, -0.05) is 42.5 Å². The summed E-state index contributed by atoms with van der Waals surface area (Å²) in [6, 6.07) is 13.3. The van der Waals surface area contributed by atoms with E-state index >= 15 is 0 Å². The molecule has 150 valence electrons. The molecule has 0 aromatic heterocycles. The summed E-state index contributed by atoms with van der Waals surface area (Å²) in [4.78, 5) is 27.3. The zero-order chi connectivity index (χ0) is 20.9. The van der Waals surface area contributed by atoms with Crippen LogP contribution in [0.15, 0.2) is 48.5 Å². The molecular formula is C23H29FN2O2. The second-order valence-electron chi connectivity index (χ2n) is 8.13. The number of amides is 2. The molecular weight excluding hydrogens is 355 g/mol. The minimum absolute atomic E-state index is 0.0916. The van der Waals surface area contributed by atoms with Crippen molar-refractivity contribution in [3.05, 3.63) is 71.0 Å². The van der Waals surface area contributed by atoms with E-state index < -0.39 is 17.4 Å². The molecule has 1 atom stereocenters. The summed E-state index contributed by atoms with van der Waals surface area (Å²) >= 11 is 0. The summed E-state index contributed by atoms with van der Waals surface area (Å²) < 4.78 is 14.0. The van der Waals surface area contributed by atoms with Gasteiger partial charge in [0, 0.05) is 12.1 Å². The first-order chi connectivity index (χ1) is 13.1. The maximum atomic E-state index is 14.0. The van der Waals surface area contributed by atoms with Crippen LogP contribution < -0.4 is 5.32 Å². The van der Waals surface area contributed by atoms with Crippen LogP contribution >= 0.6 is 0 Å². The topological polar surface area (TPSA) is 49.4 Å². The van der Waals surface area contributed by atoms with Crippen LogP contribution in [0.5, 0.6) is 0 Å². The fourth-order valence-corrected chi connectivity index (χ4v) is 2.93. The zero-order valence-corrected chi connectivity index (χ0v) is 17.3. The van der Waals surface area contributed by atoms with Crippen molar-refractivity contribution in [2.45, 2.75) is 59.2 Å². The summed E-state index contributed by atoms with van der Waals surface area (Å²) in [5, 5.41) is 2.92. The molecule has 0 fully saturated rings. The SMILES string of the molecule is Cc1ccccc1CN(C(=O)Cc1ccccc1F)[C@H](C)C(=O)NC(C)(C)C. The van der Waals surface area contributed by atoms with Crippen molar-refractivity contribution in [3.63, 3.8) is 0 Å². The van der Waals surface area contributed by atoms with Gasteiger partial charge in [-0.2, -0.15) is 0 Å². The molecule has 2 aromatic rings. The molecule has 5 heteroatoms. The Morgan fingerprint density at radius 2 is 1.61 bits per heavy atom. The maximum Gasteiger partial charge on any atom is 0.242 e. The molecule has 2 rings (SSSR count). The van der Waals surface area contributed by atoms with Crippen molar-refractivity contribution < 1.29 is 14.0 Å². The average Bonchev–Trinajstić information content (AvgIpc) is 2.61. The first kappa shape index (κ1) is 21.6. The van der Waals surface area contributed by atoms with Crippen LogP contribution in [0, 0.1) is 12.7 Å². The highest BCUT2D eigenvalue weighted by Crippen LogP contribution is 2.17. The van der Waals surface area contributed by atoms with Crippen LogP contribution in [0.3, 0.4) is 0 Å². The standard InChI is InChI=1S/C23H29FN2O2/c1-16-10-6-7-12-19(16)15-26(17(2)22(28)25-23(3,4)5)21(27)14-18-11-8-9-13-20(18)24/h6-13,17H,14-15H2,1-5H3,(H,25,28)/t17-/m1/s1. The summed E-state index contributed by atoms with van der Waals surface area (Å²) in [5.41, 5.74) is 1.91. The Kier molecular flexibility index (Phi) is 6.95. The van der Waals surface area contributed by atoms with Gasteiger partial charge in [-0.15, -0.1) is 0 Å². The van der Waals surface area contributed by atoms with Crippen LogP contribution in [0.25, 0.3) is 0 Å². The van der Waals surface area contributed by atoms with E-state index in [1.165, 1.54) is 11.0 Å². The minimum Gasteiger partial charge on any atom is -0.350 e. The van der Waals surface area contributed by atoms with E-state index in [0.717, 1.165) is 11.1 Å². The molecule has 0 saturated carbocycles. The van der Waals surface area contributed by atoms with Gasteiger partial charge in [0.05, 0.1) is 6.42 Å². The minimum atomic E-state index is -0.682. The fourth-order valence-electron chi connectivity index (χ4n) is 2.93. The van der Waals surface area contributed by atoms with E-state index in [4.69, 9.17) is 0 Å². The first-order valence-electron chi connectivity index (χ1n) is 9.48. The summed E-state index contributed by atoms with van der Waals surface area (Å²) in [5.74, 6) is -0.939. The zero-order valence-electron chi connectivity index (χ0n) is 17.3. The number of hydrogen-bond donors (Lipinski definition) is 1. The van der Waals surface area contributed by atoms with Gasteiger partial charge in [-0.25, -0.2) is 4.39 Å². The molecule has 2 aromatic carbocycles. The Morgan fingerprint density at radius 1 is 1.04 bits per heavy atom. The molecule has 2 amide bonds. The normalized spacial score (nSPS) is 12.4. The van der Waals surface area contributed by atoms with Gasteiger partial charge >= 0.3 is 0 Å². The molecule has 0 aliphatic heterocycles. The lowest BCUT2D eigenvalue weighted by Crippen LogP contribution is -2.52. The monoisotopic (exact) mass is 384 g/mol. The number of aryl methyl sites for hydroxylation is 1. The molecule has 0 aliphatic rings. The Labute approximate surface area is 166 Å². The van der Waals surface area contributed by atoms with Gasteiger partial charge in [0.25, 0.3) is 0 Å². The first-order valence-corrected chi connectivity index (χ1v) is 9.48. The third-order valence-corrected chi connectivity index (χ3v) is 4.57. The van der Waals surface area contributed by atoms with Gasteiger partial charge in [0.15, 0.2) is 0 Å². The Bertz CT molecular complexity index is 842.